The molecule has 4 nitrogen and oxygen atoms in total. The van der Waals surface area contributed by atoms with Crippen LogP contribution < -0.4 is 0 Å². The topological polar surface area (TPSA) is 55.1 Å². The van der Waals surface area contributed by atoms with Gasteiger partial charge in [0.2, 0.25) is 0 Å². The molecular formula is C12H19BrN2O2. The molecule has 0 amide bonds. The molecule has 1 heterocycles. The Hall–Kier alpha value is -0.680. The normalized spacial score (nSPS) is 12.8. The molecule has 0 saturated heterocycles. The number of Topliss-reactive ketones (excluding diaryl/α,β-unsaturated/α-hetero) is 1. The molecule has 1 unspecified atom stereocenters. The highest BCUT2D eigenvalue weighted by atomic mass is 79.9. The number of ketones is 1. The molecule has 1 aromatic rings. The van der Waals surface area contributed by atoms with Crippen LogP contribution in [-0.2, 0) is 17.8 Å². The molecule has 0 aromatic carbocycles. The molecule has 0 aliphatic heterocycles. The zero-order chi connectivity index (χ0) is 13.0. The number of carbonyl (C=O) groups excluding carboxylic acids is 1. The quantitative estimate of drug-likeness (QED) is 0.875. The summed E-state index contributed by atoms with van der Waals surface area (Å²) in [6.07, 6.45) is 1.14. The van der Waals surface area contributed by atoms with E-state index in [4.69, 9.17) is 5.11 Å². The summed E-state index contributed by atoms with van der Waals surface area (Å²) < 4.78 is 2.88. The number of aromatic nitrogens is 2. The van der Waals surface area contributed by atoms with Crippen molar-refractivity contribution < 1.29 is 9.90 Å². The van der Waals surface area contributed by atoms with Gasteiger partial charge in [-0.1, -0.05) is 0 Å². The Morgan fingerprint density at radius 2 is 2.24 bits per heavy atom. The van der Waals surface area contributed by atoms with Gasteiger partial charge in [0, 0.05) is 25.5 Å². The average Bonchev–Trinajstić information content (AvgIpc) is 2.55. The Bertz CT molecular complexity index is 401. The first-order chi connectivity index (χ1) is 8.01. The second kappa shape index (κ2) is 6.31. The maximum absolute atomic E-state index is 11.5. The Kier molecular flexibility index (Phi) is 5.33. The Labute approximate surface area is 110 Å². The van der Waals surface area contributed by atoms with Gasteiger partial charge in [-0.05, 0) is 43.1 Å². The standard InChI is InChI=1S/C12H19BrN2O2/c1-4-15-11(12(13)8(2)14-15)7-10(5-6-16)9(3)17/h10,16H,4-7H2,1-3H3. The lowest BCUT2D eigenvalue weighted by Gasteiger charge is -2.13. The van der Waals surface area contributed by atoms with Gasteiger partial charge in [-0.2, -0.15) is 5.10 Å². The molecular weight excluding hydrogens is 284 g/mol. The van der Waals surface area contributed by atoms with E-state index in [1.807, 2.05) is 18.5 Å². The van der Waals surface area contributed by atoms with Gasteiger partial charge in [-0.15, -0.1) is 0 Å². The summed E-state index contributed by atoms with van der Waals surface area (Å²) in [5.41, 5.74) is 1.98. The highest BCUT2D eigenvalue weighted by Crippen LogP contribution is 2.25. The lowest BCUT2D eigenvalue weighted by molar-refractivity contribution is -0.121. The van der Waals surface area contributed by atoms with Crippen LogP contribution in [0.5, 0.6) is 0 Å². The molecule has 0 bridgehead atoms. The van der Waals surface area contributed by atoms with Crippen molar-refractivity contribution in [2.75, 3.05) is 6.61 Å². The van der Waals surface area contributed by atoms with E-state index in [0.29, 0.717) is 12.8 Å². The zero-order valence-corrected chi connectivity index (χ0v) is 12.1. The van der Waals surface area contributed by atoms with Crippen molar-refractivity contribution in [1.82, 2.24) is 9.78 Å². The van der Waals surface area contributed by atoms with Crippen LogP contribution in [0.3, 0.4) is 0 Å². The lowest BCUT2D eigenvalue weighted by Crippen LogP contribution is -2.18. The van der Waals surface area contributed by atoms with E-state index >= 15 is 0 Å². The summed E-state index contributed by atoms with van der Waals surface area (Å²) in [6, 6.07) is 0. The summed E-state index contributed by atoms with van der Waals surface area (Å²) in [7, 11) is 0. The van der Waals surface area contributed by atoms with Gasteiger partial charge in [-0.25, -0.2) is 0 Å². The highest BCUT2D eigenvalue weighted by molar-refractivity contribution is 9.10. The van der Waals surface area contributed by atoms with Crippen LogP contribution in [0, 0.1) is 12.8 Å². The van der Waals surface area contributed by atoms with E-state index < -0.39 is 0 Å². The molecule has 0 fully saturated rings. The zero-order valence-electron chi connectivity index (χ0n) is 10.5. The molecule has 5 heteroatoms. The maximum atomic E-state index is 11.5. The summed E-state index contributed by atoms with van der Waals surface area (Å²) in [5.74, 6) is -0.00911. The molecule has 1 atom stereocenters. The number of aliphatic hydroxyl groups is 1. The molecule has 0 aliphatic carbocycles. The number of halogens is 1. The minimum absolute atomic E-state index is 0.0428. The van der Waals surface area contributed by atoms with E-state index in [-0.39, 0.29) is 18.3 Å². The van der Waals surface area contributed by atoms with Crippen molar-refractivity contribution in [1.29, 1.82) is 0 Å². The van der Waals surface area contributed by atoms with Gasteiger partial charge in [-0.3, -0.25) is 9.48 Å². The number of hydrogen-bond acceptors (Lipinski definition) is 3. The van der Waals surface area contributed by atoms with E-state index in [1.165, 1.54) is 0 Å². The lowest BCUT2D eigenvalue weighted by atomic mass is 9.95. The predicted molar refractivity (Wildman–Crippen MR) is 69.9 cm³/mol. The Morgan fingerprint density at radius 1 is 1.59 bits per heavy atom. The minimum Gasteiger partial charge on any atom is -0.396 e. The van der Waals surface area contributed by atoms with Gasteiger partial charge < -0.3 is 5.11 Å². The molecule has 0 aliphatic rings. The van der Waals surface area contributed by atoms with E-state index in [1.54, 1.807) is 6.92 Å². The number of hydrogen-bond donors (Lipinski definition) is 1. The molecule has 1 N–H and O–H groups in total. The van der Waals surface area contributed by atoms with Crippen LogP contribution in [0.2, 0.25) is 0 Å². The van der Waals surface area contributed by atoms with Crippen LogP contribution >= 0.6 is 15.9 Å². The molecule has 0 radical (unpaired) electrons. The van der Waals surface area contributed by atoms with Crippen LogP contribution in [0.15, 0.2) is 4.47 Å². The third-order valence-corrected chi connectivity index (χ3v) is 3.98. The average molecular weight is 303 g/mol. The van der Waals surface area contributed by atoms with Gasteiger partial charge in [0.25, 0.3) is 0 Å². The van der Waals surface area contributed by atoms with Gasteiger partial charge in [0.1, 0.15) is 5.78 Å². The molecule has 0 saturated carbocycles. The second-order valence-electron chi connectivity index (χ2n) is 4.19. The van der Waals surface area contributed by atoms with Crippen LogP contribution in [-0.4, -0.2) is 27.3 Å². The van der Waals surface area contributed by atoms with E-state index in [2.05, 4.69) is 21.0 Å². The first-order valence-electron chi connectivity index (χ1n) is 5.84. The van der Waals surface area contributed by atoms with Crippen molar-refractivity contribution in [3.05, 3.63) is 15.9 Å². The first-order valence-corrected chi connectivity index (χ1v) is 6.63. The predicted octanol–water partition coefficient (Wildman–Crippen LogP) is 2.10. The van der Waals surface area contributed by atoms with Gasteiger partial charge in [0.05, 0.1) is 15.9 Å². The van der Waals surface area contributed by atoms with Crippen molar-refractivity contribution in [3.63, 3.8) is 0 Å². The van der Waals surface area contributed by atoms with Gasteiger partial charge >= 0.3 is 0 Å². The van der Waals surface area contributed by atoms with E-state index in [0.717, 1.165) is 22.4 Å². The van der Waals surface area contributed by atoms with Crippen LogP contribution in [0.1, 0.15) is 31.7 Å². The fraction of sp³-hybridized carbons (Fsp3) is 0.667. The SMILES string of the molecule is CCn1nc(C)c(Br)c1CC(CCO)C(C)=O. The number of nitrogens with zero attached hydrogens (tertiary/aromatic N) is 2. The van der Waals surface area contributed by atoms with Crippen molar-refractivity contribution >= 4 is 21.7 Å². The highest BCUT2D eigenvalue weighted by Gasteiger charge is 2.20. The Morgan fingerprint density at radius 3 is 2.71 bits per heavy atom. The van der Waals surface area contributed by atoms with Crippen molar-refractivity contribution in [2.24, 2.45) is 5.92 Å². The van der Waals surface area contributed by atoms with Gasteiger partial charge in [0.15, 0.2) is 0 Å². The largest absolute Gasteiger partial charge is 0.396 e. The third-order valence-electron chi connectivity index (χ3n) is 2.95. The summed E-state index contributed by atoms with van der Waals surface area (Å²) >= 11 is 3.51. The second-order valence-corrected chi connectivity index (χ2v) is 4.98. The number of aryl methyl sites for hydroxylation is 2. The third kappa shape index (κ3) is 3.39. The summed E-state index contributed by atoms with van der Waals surface area (Å²) in [5, 5.41) is 13.4. The Balaban J connectivity index is 2.95. The number of rotatable bonds is 6. The first kappa shape index (κ1) is 14.4. The molecule has 96 valence electrons. The molecule has 17 heavy (non-hydrogen) atoms. The minimum atomic E-state index is -0.127. The monoisotopic (exact) mass is 302 g/mol. The smallest absolute Gasteiger partial charge is 0.133 e. The number of aliphatic hydroxyl groups excluding tert-OH is 1. The fourth-order valence-corrected chi connectivity index (χ4v) is 2.35. The van der Waals surface area contributed by atoms with Crippen molar-refractivity contribution in [3.8, 4) is 0 Å². The van der Waals surface area contributed by atoms with Crippen LogP contribution in [0.25, 0.3) is 0 Å². The molecule has 0 spiro atoms. The van der Waals surface area contributed by atoms with Crippen molar-refractivity contribution in [2.45, 2.75) is 40.2 Å². The number of carbonyl (C=O) groups is 1. The van der Waals surface area contributed by atoms with E-state index in [9.17, 15) is 4.79 Å². The summed E-state index contributed by atoms with van der Waals surface area (Å²) in [6.45, 7) is 6.37. The molecule has 1 rings (SSSR count). The van der Waals surface area contributed by atoms with Crippen LogP contribution in [0.4, 0.5) is 0 Å². The maximum Gasteiger partial charge on any atom is 0.133 e. The molecule has 1 aromatic heterocycles. The fourth-order valence-electron chi connectivity index (χ4n) is 1.90. The summed E-state index contributed by atoms with van der Waals surface area (Å²) in [4.78, 5) is 11.5.